The molecule has 0 aliphatic rings. The molecule has 0 bridgehead atoms. The fraction of sp³-hybridized carbons (Fsp3) is 0.375. The van der Waals surface area contributed by atoms with Crippen molar-refractivity contribution < 1.29 is 4.79 Å². The number of pyridine rings is 1. The summed E-state index contributed by atoms with van der Waals surface area (Å²) >= 11 is 0. The number of hydrogen-bond acceptors (Lipinski definition) is 2. The highest BCUT2D eigenvalue weighted by atomic mass is 16.1. The number of rotatable bonds is 2. The lowest BCUT2D eigenvalue weighted by atomic mass is 10.2. The van der Waals surface area contributed by atoms with Crippen molar-refractivity contribution in [2.75, 3.05) is 0 Å². The van der Waals surface area contributed by atoms with E-state index in [0.29, 0.717) is 6.42 Å². The fourth-order valence-corrected chi connectivity index (χ4v) is 1.14. The summed E-state index contributed by atoms with van der Waals surface area (Å²) in [5.41, 5.74) is 0. The van der Waals surface area contributed by atoms with Crippen LogP contribution in [0.3, 0.4) is 0 Å². The second kappa shape index (κ2) is 13.4. The SMILES string of the molecule is C.CC.CCCC=O.c1ccc2cnccc2c1. The van der Waals surface area contributed by atoms with Gasteiger partial charge in [-0.15, -0.1) is 0 Å². The zero-order chi connectivity index (χ0) is 12.9. The average Bonchev–Trinajstić information content (AvgIpc) is 2.43. The lowest BCUT2D eigenvalue weighted by molar-refractivity contribution is -0.107. The van der Waals surface area contributed by atoms with E-state index in [0.717, 1.165) is 12.7 Å². The van der Waals surface area contributed by atoms with E-state index >= 15 is 0 Å². The number of carbonyl (C=O) groups is 1. The molecule has 0 spiro atoms. The van der Waals surface area contributed by atoms with Crippen LogP contribution >= 0.6 is 0 Å². The Hall–Kier alpha value is -1.70. The first-order valence-electron chi connectivity index (χ1n) is 6.11. The van der Waals surface area contributed by atoms with E-state index in [9.17, 15) is 4.79 Å². The first-order valence-corrected chi connectivity index (χ1v) is 6.11. The third-order valence-corrected chi connectivity index (χ3v) is 1.96. The summed E-state index contributed by atoms with van der Waals surface area (Å²) in [5, 5.41) is 2.45. The average molecular weight is 247 g/mol. The van der Waals surface area contributed by atoms with E-state index in [1.807, 2.05) is 51.4 Å². The van der Waals surface area contributed by atoms with Gasteiger partial charge in [-0.1, -0.05) is 52.5 Å². The third-order valence-electron chi connectivity index (χ3n) is 1.96. The molecule has 0 saturated carbocycles. The number of benzene rings is 1. The van der Waals surface area contributed by atoms with Crippen molar-refractivity contribution >= 4 is 17.1 Å². The maximum Gasteiger partial charge on any atom is 0.119 e. The lowest BCUT2D eigenvalue weighted by Crippen LogP contribution is -1.71. The van der Waals surface area contributed by atoms with Gasteiger partial charge in [0.15, 0.2) is 0 Å². The molecule has 0 amide bonds. The molecule has 18 heavy (non-hydrogen) atoms. The van der Waals surface area contributed by atoms with Gasteiger partial charge in [-0.05, 0) is 23.3 Å². The Balaban J connectivity index is 0. The number of fused-ring (bicyclic) bond motifs is 1. The van der Waals surface area contributed by atoms with Crippen molar-refractivity contribution in [1.82, 2.24) is 4.98 Å². The van der Waals surface area contributed by atoms with Crippen LogP contribution in [0.2, 0.25) is 0 Å². The molecule has 0 aliphatic heterocycles. The number of aromatic nitrogens is 1. The van der Waals surface area contributed by atoms with Crippen molar-refractivity contribution in [3.63, 3.8) is 0 Å². The Kier molecular flexibility index (Phi) is 13.9. The smallest absolute Gasteiger partial charge is 0.119 e. The summed E-state index contributed by atoms with van der Waals surface area (Å²) in [6.07, 6.45) is 6.29. The Morgan fingerprint density at radius 3 is 2.17 bits per heavy atom. The molecule has 2 heteroatoms. The van der Waals surface area contributed by atoms with E-state index in [1.54, 1.807) is 0 Å². The van der Waals surface area contributed by atoms with Gasteiger partial charge < -0.3 is 4.79 Å². The van der Waals surface area contributed by atoms with Crippen LogP contribution in [0.15, 0.2) is 42.7 Å². The van der Waals surface area contributed by atoms with Gasteiger partial charge in [-0.25, -0.2) is 0 Å². The van der Waals surface area contributed by atoms with Crippen molar-refractivity contribution in [3.8, 4) is 0 Å². The minimum atomic E-state index is 0. The highest BCUT2D eigenvalue weighted by Crippen LogP contribution is 2.09. The van der Waals surface area contributed by atoms with Gasteiger partial charge in [-0.3, -0.25) is 4.98 Å². The van der Waals surface area contributed by atoms with Gasteiger partial charge in [-0.2, -0.15) is 0 Å². The molecule has 0 radical (unpaired) electrons. The van der Waals surface area contributed by atoms with Crippen LogP contribution in [0.5, 0.6) is 0 Å². The Morgan fingerprint density at radius 2 is 1.72 bits per heavy atom. The topological polar surface area (TPSA) is 30.0 Å². The van der Waals surface area contributed by atoms with Gasteiger partial charge in [0.25, 0.3) is 0 Å². The van der Waals surface area contributed by atoms with Crippen molar-refractivity contribution in [2.24, 2.45) is 0 Å². The molecule has 1 aromatic carbocycles. The fourth-order valence-electron chi connectivity index (χ4n) is 1.14. The Morgan fingerprint density at radius 1 is 1.11 bits per heavy atom. The maximum atomic E-state index is 9.40. The summed E-state index contributed by atoms with van der Waals surface area (Å²) in [5.74, 6) is 0. The molecule has 0 saturated heterocycles. The molecule has 2 nitrogen and oxygen atoms in total. The molecule has 1 heterocycles. The van der Waals surface area contributed by atoms with E-state index < -0.39 is 0 Å². The molecule has 2 aromatic rings. The predicted molar refractivity (Wildman–Crippen MR) is 80.8 cm³/mol. The van der Waals surface area contributed by atoms with Crippen LogP contribution in [-0.4, -0.2) is 11.3 Å². The first-order chi connectivity index (χ1) is 8.38. The number of unbranched alkanes of at least 4 members (excludes halogenated alkanes) is 1. The van der Waals surface area contributed by atoms with E-state index in [2.05, 4.69) is 17.1 Å². The molecule has 0 unspecified atom stereocenters. The van der Waals surface area contributed by atoms with Crippen molar-refractivity contribution in [2.45, 2.75) is 41.0 Å². The monoisotopic (exact) mass is 247 g/mol. The Labute approximate surface area is 111 Å². The highest BCUT2D eigenvalue weighted by molar-refractivity contribution is 5.80. The molecule has 100 valence electrons. The summed E-state index contributed by atoms with van der Waals surface area (Å²) < 4.78 is 0. The molecule has 0 fully saturated rings. The highest BCUT2D eigenvalue weighted by Gasteiger charge is 1.86. The first kappa shape index (κ1) is 18.7. The van der Waals surface area contributed by atoms with Crippen molar-refractivity contribution in [1.29, 1.82) is 0 Å². The molecule has 2 rings (SSSR count). The quantitative estimate of drug-likeness (QED) is 0.708. The third kappa shape index (κ3) is 7.55. The number of aldehydes is 1. The van der Waals surface area contributed by atoms with E-state index in [1.165, 1.54) is 10.8 Å². The second-order valence-corrected chi connectivity index (χ2v) is 3.18. The zero-order valence-electron chi connectivity index (χ0n) is 10.9. The molecule has 0 aliphatic carbocycles. The zero-order valence-corrected chi connectivity index (χ0v) is 10.9. The maximum absolute atomic E-state index is 9.40. The lowest BCUT2D eigenvalue weighted by Gasteiger charge is -1.91. The van der Waals surface area contributed by atoms with Crippen LogP contribution in [0.1, 0.15) is 41.0 Å². The van der Waals surface area contributed by atoms with Crippen LogP contribution < -0.4 is 0 Å². The van der Waals surface area contributed by atoms with Gasteiger partial charge >= 0.3 is 0 Å². The van der Waals surface area contributed by atoms with Crippen LogP contribution in [0, 0.1) is 0 Å². The van der Waals surface area contributed by atoms with E-state index in [-0.39, 0.29) is 7.43 Å². The largest absolute Gasteiger partial charge is 0.303 e. The van der Waals surface area contributed by atoms with E-state index in [4.69, 9.17) is 0 Å². The molecular weight excluding hydrogens is 222 g/mol. The minimum absolute atomic E-state index is 0. The number of nitrogens with zero attached hydrogens (tertiary/aromatic N) is 1. The summed E-state index contributed by atoms with van der Waals surface area (Å²) in [4.78, 5) is 13.4. The Bertz CT molecular complexity index is 347. The van der Waals surface area contributed by atoms with Crippen molar-refractivity contribution in [3.05, 3.63) is 42.7 Å². The van der Waals surface area contributed by atoms with Gasteiger partial charge in [0, 0.05) is 18.8 Å². The summed E-state index contributed by atoms with van der Waals surface area (Å²) in [6.45, 7) is 5.98. The van der Waals surface area contributed by atoms with Crippen LogP contribution in [0.25, 0.3) is 10.8 Å². The molecule has 0 N–H and O–H groups in total. The van der Waals surface area contributed by atoms with Crippen LogP contribution in [-0.2, 0) is 4.79 Å². The van der Waals surface area contributed by atoms with Gasteiger partial charge in [0.1, 0.15) is 6.29 Å². The predicted octanol–water partition coefficient (Wildman–Crippen LogP) is 4.88. The number of hydrogen-bond donors (Lipinski definition) is 0. The van der Waals surface area contributed by atoms with Crippen LogP contribution in [0.4, 0.5) is 0 Å². The van der Waals surface area contributed by atoms with Gasteiger partial charge in [0.05, 0.1) is 0 Å². The second-order valence-electron chi connectivity index (χ2n) is 3.18. The molecule has 1 aromatic heterocycles. The summed E-state index contributed by atoms with van der Waals surface area (Å²) in [6, 6.07) is 10.2. The molecular formula is C16H25NO. The number of carbonyl (C=O) groups excluding carboxylic acids is 1. The normalized spacial score (nSPS) is 7.94. The molecule has 0 atom stereocenters. The standard InChI is InChI=1S/C9H7N.C4H8O.C2H6.CH4/c1-2-4-9-7-10-6-5-8(9)3-1;1-2-3-4-5;1-2;/h1-7H;4H,2-3H2,1H3;1-2H3;1H4. The van der Waals surface area contributed by atoms with Gasteiger partial charge in [0.2, 0.25) is 0 Å². The summed E-state index contributed by atoms with van der Waals surface area (Å²) in [7, 11) is 0. The minimum Gasteiger partial charge on any atom is -0.303 e.